The van der Waals surface area contributed by atoms with E-state index in [1.54, 1.807) is 0 Å². The summed E-state index contributed by atoms with van der Waals surface area (Å²) in [5.74, 6) is -0.719. The molecule has 1 aliphatic rings. The molecule has 0 bridgehead atoms. The van der Waals surface area contributed by atoms with E-state index in [0.29, 0.717) is 12.3 Å². The van der Waals surface area contributed by atoms with Crippen molar-refractivity contribution in [2.75, 3.05) is 0 Å². The molecule has 0 saturated heterocycles. The Morgan fingerprint density at radius 1 is 1.58 bits per heavy atom. The SMILES string of the molecule is C=CC1CCC(C(=O)O)C(Cl)C1. The van der Waals surface area contributed by atoms with Crippen LogP contribution in [0, 0.1) is 11.8 Å². The molecule has 0 radical (unpaired) electrons. The third-order valence-electron chi connectivity index (χ3n) is 2.46. The van der Waals surface area contributed by atoms with Crippen molar-refractivity contribution in [2.24, 2.45) is 11.8 Å². The Balaban J connectivity index is 2.53. The van der Waals surface area contributed by atoms with Crippen LogP contribution in [-0.4, -0.2) is 16.5 Å². The highest BCUT2D eigenvalue weighted by atomic mass is 35.5. The molecule has 1 N–H and O–H groups in total. The van der Waals surface area contributed by atoms with Gasteiger partial charge in [0, 0.05) is 5.38 Å². The number of rotatable bonds is 2. The van der Waals surface area contributed by atoms with Crippen LogP contribution in [0.2, 0.25) is 0 Å². The summed E-state index contributed by atoms with van der Waals surface area (Å²) < 4.78 is 0. The summed E-state index contributed by atoms with van der Waals surface area (Å²) in [5, 5.41) is 8.53. The zero-order valence-electron chi connectivity index (χ0n) is 6.87. The van der Waals surface area contributed by atoms with E-state index in [2.05, 4.69) is 6.58 Å². The number of carbonyl (C=O) groups is 1. The van der Waals surface area contributed by atoms with Crippen LogP contribution in [0.15, 0.2) is 12.7 Å². The first-order chi connectivity index (χ1) is 5.65. The molecule has 0 amide bonds. The van der Waals surface area contributed by atoms with Crippen LogP contribution in [0.25, 0.3) is 0 Å². The average Bonchev–Trinajstić information content (AvgIpc) is 2.03. The van der Waals surface area contributed by atoms with Crippen molar-refractivity contribution < 1.29 is 9.90 Å². The Morgan fingerprint density at radius 2 is 2.25 bits per heavy atom. The van der Waals surface area contributed by atoms with Crippen LogP contribution < -0.4 is 0 Å². The monoisotopic (exact) mass is 188 g/mol. The molecule has 12 heavy (non-hydrogen) atoms. The van der Waals surface area contributed by atoms with E-state index < -0.39 is 5.97 Å². The minimum absolute atomic E-state index is 0.223. The molecule has 0 aromatic carbocycles. The van der Waals surface area contributed by atoms with Gasteiger partial charge in [-0.2, -0.15) is 0 Å². The lowest BCUT2D eigenvalue weighted by Crippen LogP contribution is -2.30. The molecule has 2 nitrogen and oxygen atoms in total. The molecule has 3 heteroatoms. The molecule has 3 unspecified atom stereocenters. The van der Waals surface area contributed by atoms with Crippen molar-refractivity contribution in [1.82, 2.24) is 0 Å². The second-order valence-electron chi connectivity index (χ2n) is 3.27. The van der Waals surface area contributed by atoms with Gasteiger partial charge in [-0.05, 0) is 25.2 Å². The van der Waals surface area contributed by atoms with E-state index in [0.717, 1.165) is 12.8 Å². The Bertz CT molecular complexity index is 191. The van der Waals surface area contributed by atoms with Crippen molar-refractivity contribution in [2.45, 2.75) is 24.6 Å². The topological polar surface area (TPSA) is 37.3 Å². The van der Waals surface area contributed by atoms with Gasteiger partial charge in [-0.15, -0.1) is 18.2 Å². The van der Waals surface area contributed by atoms with Crippen LogP contribution in [-0.2, 0) is 4.79 Å². The molecule has 0 heterocycles. The third-order valence-corrected chi connectivity index (χ3v) is 2.95. The van der Waals surface area contributed by atoms with E-state index in [4.69, 9.17) is 16.7 Å². The molecule has 1 saturated carbocycles. The number of carboxylic acids is 1. The third kappa shape index (κ3) is 2.01. The molecule has 1 aliphatic carbocycles. The summed E-state index contributed by atoms with van der Waals surface area (Å²) in [7, 11) is 0. The Kier molecular flexibility index (Phi) is 3.15. The predicted octanol–water partition coefficient (Wildman–Crippen LogP) is 2.28. The maximum absolute atomic E-state index is 10.6. The van der Waals surface area contributed by atoms with Crippen LogP contribution in [0.5, 0.6) is 0 Å². The first-order valence-corrected chi connectivity index (χ1v) is 4.58. The van der Waals surface area contributed by atoms with Crippen molar-refractivity contribution in [3.63, 3.8) is 0 Å². The van der Waals surface area contributed by atoms with E-state index in [-0.39, 0.29) is 11.3 Å². The Labute approximate surface area is 77.2 Å². The molecule has 1 fully saturated rings. The van der Waals surface area contributed by atoms with Gasteiger partial charge >= 0.3 is 5.97 Å². The van der Waals surface area contributed by atoms with Crippen LogP contribution in [0.3, 0.4) is 0 Å². The summed E-state index contributed by atoms with van der Waals surface area (Å²) in [6.45, 7) is 3.68. The summed E-state index contributed by atoms with van der Waals surface area (Å²) in [6.07, 6.45) is 4.21. The molecular weight excluding hydrogens is 176 g/mol. The average molecular weight is 189 g/mol. The largest absolute Gasteiger partial charge is 0.481 e. The molecule has 0 spiro atoms. The Hall–Kier alpha value is -0.500. The predicted molar refractivity (Wildman–Crippen MR) is 48.3 cm³/mol. The van der Waals surface area contributed by atoms with Crippen molar-refractivity contribution >= 4 is 17.6 Å². The highest BCUT2D eigenvalue weighted by Crippen LogP contribution is 2.33. The molecule has 0 aliphatic heterocycles. The standard InChI is InChI=1S/C9H13ClO2/c1-2-6-3-4-7(9(11)12)8(10)5-6/h2,6-8H,1,3-5H2,(H,11,12). The van der Waals surface area contributed by atoms with Crippen LogP contribution in [0.4, 0.5) is 0 Å². The highest BCUT2D eigenvalue weighted by Gasteiger charge is 2.32. The number of aliphatic carboxylic acids is 1. The first-order valence-electron chi connectivity index (χ1n) is 4.14. The normalized spacial score (nSPS) is 35.9. The molecule has 0 aromatic heterocycles. The molecular formula is C9H13ClO2. The van der Waals surface area contributed by atoms with Gasteiger partial charge in [0.05, 0.1) is 5.92 Å². The van der Waals surface area contributed by atoms with Crippen molar-refractivity contribution in [3.05, 3.63) is 12.7 Å². The number of allylic oxidation sites excluding steroid dienone is 1. The summed E-state index contributed by atoms with van der Waals surface area (Å²) in [4.78, 5) is 10.6. The van der Waals surface area contributed by atoms with Gasteiger partial charge in [-0.25, -0.2) is 0 Å². The van der Waals surface area contributed by atoms with Crippen LogP contribution in [0.1, 0.15) is 19.3 Å². The molecule has 68 valence electrons. The second-order valence-corrected chi connectivity index (χ2v) is 3.83. The smallest absolute Gasteiger partial charge is 0.307 e. The maximum atomic E-state index is 10.6. The fourth-order valence-corrected chi connectivity index (χ4v) is 2.10. The fourth-order valence-electron chi connectivity index (χ4n) is 1.64. The molecule has 3 atom stereocenters. The van der Waals surface area contributed by atoms with Gasteiger partial charge < -0.3 is 5.11 Å². The summed E-state index contributed by atoms with van der Waals surface area (Å²) in [5.41, 5.74) is 0. The van der Waals surface area contributed by atoms with Gasteiger partial charge in [0.15, 0.2) is 0 Å². The lowest BCUT2D eigenvalue weighted by Gasteiger charge is -2.28. The zero-order chi connectivity index (χ0) is 9.14. The lowest BCUT2D eigenvalue weighted by molar-refractivity contribution is -0.142. The number of alkyl halides is 1. The van der Waals surface area contributed by atoms with Gasteiger partial charge in [-0.1, -0.05) is 6.08 Å². The number of halogens is 1. The summed E-state index contributed by atoms with van der Waals surface area (Å²) in [6, 6.07) is 0. The number of hydrogen-bond donors (Lipinski definition) is 1. The van der Waals surface area contributed by atoms with E-state index in [1.807, 2.05) is 6.08 Å². The quantitative estimate of drug-likeness (QED) is 0.533. The fraction of sp³-hybridized carbons (Fsp3) is 0.667. The maximum Gasteiger partial charge on any atom is 0.307 e. The second kappa shape index (κ2) is 3.94. The van der Waals surface area contributed by atoms with Crippen molar-refractivity contribution in [3.8, 4) is 0 Å². The summed E-state index contributed by atoms with van der Waals surface area (Å²) >= 11 is 5.92. The van der Waals surface area contributed by atoms with E-state index in [1.165, 1.54) is 0 Å². The van der Waals surface area contributed by atoms with Gasteiger partial charge in [-0.3, -0.25) is 4.79 Å². The molecule has 0 aromatic rings. The van der Waals surface area contributed by atoms with Crippen LogP contribution >= 0.6 is 11.6 Å². The van der Waals surface area contributed by atoms with Gasteiger partial charge in [0.2, 0.25) is 0 Å². The van der Waals surface area contributed by atoms with E-state index in [9.17, 15) is 4.79 Å². The van der Waals surface area contributed by atoms with Gasteiger partial charge in [0.25, 0.3) is 0 Å². The molecule has 1 rings (SSSR count). The minimum Gasteiger partial charge on any atom is -0.481 e. The number of hydrogen-bond acceptors (Lipinski definition) is 1. The highest BCUT2D eigenvalue weighted by molar-refractivity contribution is 6.22. The zero-order valence-corrected chi connectivity index (χ0v) is 7.63. The van der Waals surface area contributed by atoms with Crippen molar-refractivity contribution in [1.29, 1.82) is 0 Å². The first kappa shape index (κ1) is 9.59. The lowest BCUT2D eigenvalue weighted by atomic mass is 9.82. The number of carboxylic acid groups (broad SMARTS) is 1. The van der Waals surface area contributed by atoms with Gasteiger partial charge in [0.1, 0.15) is 0 Å². The Morgan fingerprint density at radius 3 is 2.67 bits per heavy atom. The minimum atomic E-state index is -0.766. The van der Waals surface area contributed by atoms with E-state index >= 15 is 0 Å².